The fraction of sp³-hybridized carbons (Fsp3) is 0.609. The fourth-order valence-electron chi connectivity index (χ4n) is 3.93. The summed E-state index contributed by atoms with van der Waals surface area (Å²) in [4.78, 5) is 4.54. The second kappa shape index (κ2) is 12.1. The molecule has 0 amide bonds. The van der Waals surface area contributed by atoms with Crippen molar-refractivity contribution in [3.63, 3.8) is 0 Å². The minimum Gasteiger partial charge on any atom is -0.389 e. The predicted octanol–water partition coefficient (Wildman–Crippen LogP) is 3.18. The van der Waals surface area contributed by atoms with E-state index in [1.165, 1.54) is 12.8 Å². The Bertz CT molecular complexity index is 731. The molecule has 2 heterocycles. The zero-order valence-corrected chi connectivity index (χ0v) is 18.3. The van der Waals surface area contributed by atoms with Gasteiger partial charge in [0, 0.05) is 58.6 Å². The normalized spacial score (nSPS) is 15.3. The van der Waals surface area contributed by atoms with Gasteiger partial charge in [0.25, 0.3) is 0 Å². The molecule has 0 unspecified atom stereocenters. The van der Waals surface area contributed by atoms with Crippen LogP contribution in [0.2, 0.25) is 0 Å². The second-order valence-corrected chi connectivity index (χ2v) is 7.77. The Kier molecular flexibility index (Phi) is 9.14. The third-order valence-corrected chi connectivity index (χ3v) is 5.40. The maximum absolute atomic E-state index is 10.5. The molecule has 166 valence electrons. The van der Waals surface area contributed by atoms with Crippen LogP contribution in [0.4, 0.5) is 5.88 Å². The van der Waals surface area contributed by atoms with Gasteiger partial charge in [0.2, 0.25) is 5.88 Å². The van der Waals surface area contributed by atoms with Crippen LogP contribution in [0.5, 0.6) is 0 Å². The summed E-state index contributed by atoms with van der Waals surface area (Å²) >= 11 is 0. The number of hydrogen-bond acceptors (Lipinski definition) is 7. The topological polar surface area (TPSA) is 71.2 Å². The van der Waals surface area contributed by atoms with Gasteiger partial charge in [-0.25, -0.2) is 0 Å². The van der Waals surface area contributed by atoms with E-state index in [0.717, 1.165) is 48.8 Å². The van der Waals surface area contributed by atoms with Crippen molar-refractivity contribution in [2.45, 2.75) is 38.8 Å². The van der Waals surface area contributed by atoms with Gasteiger partial charge in [-0.3, -0.25) is 4.90 Å². The molecule has 0 spiro atoms. The Morgan fingerprint density at radius 2 is 2.00 bits per heavy atom. The van der Waals surface area contributed by atoms with E-state index < -0.39 is 6.10 Å². The fourth-order valence-corrected chi connectivity index (χ4v) is 3.93. The Hall–Kier alpha value is -1.93. The van der Waals surface area contributed by atoms with Gasteiger partial charge in [-0.2, -0.15) is 0 Å². The summed E-state index contributed by atoms with van der Waals surface area (Å²) in [5, 5.41) is 14.9. The van der Waals surface area contributed by atoms with Crippen molar-refractivity contribution in [3.05, 3.63) is 35.9 Å². The highest BCUT2D eigenvalue weighted by molar-refractivity contribution is 5.68. The number of hydrogen-bond donors (Lipinski definition) is 1. The summed E-state index contributed by atoms with van der Waals surface area (Å²) in [7, 11) is 1.72. The summed E-state index contributed by atoms with van der Waals surface area (Å²) < 4.78 is 16.5. The van der Waals surface area contributed by atoms with Crippen LogP contribution in [-0.2, 0) is 16.0 Å². The highest BCUT2D eigenvalue weighted by Gasteiger charge is 2.26. The zero-order chi connectivity index (χ0) is 21.2. The van der Waals surface area contributed by atoms with Crippen LogP contribution in [0.25, 0.3) is 11.3 Å². The molecule has 0 saturated carbocycles. The van der Waals surface area contributed by atoms with E-state index in [1.807, 2.05) is 25.1 Å². The quantitative estimate of drug-likeness (QED) is 0.502. The van der Waals surface area contributed by atoms with Crippen molar-refractivity contribution in [2.75, 3.05) is 58.0 Å². The van der Waals surface area contributed by atoms with Gasteiger partial charge in [0.05, 0.1) is 18.3 Å². The molecule has 1 N–H and O–H groups in total. The number of methoxy groups -OCH3 is 1. The number of nitrogens with zero attached hydrogens (tertiary/aromatic N) is 3. The Morgan fingerprint density at radius 1 is 1.23 bits per heavy atom. The number of aromatic nitrogens is 1. The lowest BCUT2D eigenvalue weighted by atomic mass is 10.1. The van der Waals surface area contributed by atoms with E-state index in [2.05, 4.69) is 27.1 Å². The lowest BCUT2D eigenvalue weighted by molar-refractivity contribution is 0.0181. The minimum absolute atomic E-state index is 0.339. The third kappa shape index (κ3) is 6.28. The van der Waals surface area contributed by atoms with E-state index in [0.29, 0.717) is 32.9 Å². The maximum atomic E-state index is 10.5. The maximum Gasteiger partial charge on any atom is 0.232 e. The van der Waals surface area contributed by atoms with Crippen molar-refractivity contribution < 1.29 is 19.1 Å². The highest BCUT2D eigenvalue weighted by atomic mass is 16.5. The van der Waals surface area contributed by atoms with Gasteiger partial charge in [-0.1, -0.05) is 35.5 Å². The van der Waals surface area contributed by atoms with Gasteiger partial charge >= 0.3 is 0 Å². The Balaban J connectivity index is 1.84. The zero-order valence-electron chi connectivity index (χ0n) is 18.3. The number of ether oxygens (including phenoxy) is 2. The molecule has 3 rings (SSSR count). The van der Waals surface area contributed by atoms with Gasteiger partial charge in [-0.15, -0.1) is 0 Å². The summed E-state index contributed by atoms with van der Waals surface area (Å²) in [6.07, 6.45) is 2.70. The molecule has 2 aromatic rings. The largest absolute Gasteiger partial charge is 0.389 e. The lowest BCUT2D eigenvalue weighted by Gasteiger charge is -2.26. The first kappa shape index (κ1) is 22.7. The number of aliphatic hydroxyl groups is 1. The number of rotatable bonds is 13. The van der Waals surface area contributed by atoms with Crippen LogP contribution in [0.15, 0.2) is 34.9 Å². The van der Waals surface area contributed by atoms with Crippen LogP contribution < -0.4 is 4.90 Å². The summed E-state index contributed by atoms with van der Waals surface area (Å²) in [6, 6.07) is 10.2. The van der Waals surface area contributed by atoms with Crippen molar-refractivity contribution in [2.24, 2.45) is 0 Å². The predicted molar refractivity (Wildman–Crippen MR) is 118 cm³/mol. The standard InChI is InChI=1S/C23H35N3O4/c1-3-29-18-20(27)16-25(12-9-15-28-2)17-21-22(19-10-5-4-6-11-19)24-30-23(21)26-13-7-8-14-26/h4-6,10-11,20,27H,3,7-9,12-18H2,1-2H3/t20-/m0/s1. The first-order chi connectivity index (χ1) is 14.7. The summed E-state index contributed by atoms with van der Waals surface area (Å²) in [6.45, 7) is 7.56. The molecule has 30 heavy (non-hydrogen) atoms. The molecular formula is C23H35N3O4. The summed E-state index contributed by atoms with van der Waals surface area (Å²) in [5.41, 5.74) is 3.02. The molecule has 0 bridgehead atoms. The van der Waals surface area contributed by atoms with E-state index >= 15 is 0 Å². The molecule has 1 aromatic heterocycles. The van der Waals surface area contributed by atoms with E-state index in [1.54, 1.807) is 7.11 Å². The van der Waals surface area contributed by atoms with Crippen LogP contribution in [0.3, 0.4) is 0 Å². The molecule has 7 nitrogen and oxygen atoms in total. The minimum atomic E-state index is -0.539. The third-order valence-electron chi connectivity index (χ3n) is 5.40. The van der Waals surface area contributed by atoms with Gasteiger partial charge in [-0.05, 0) is 26.2 Å². The molecule has 1 aliphatic heterocycles. The van der Waals surface area contributed by atoms with Crippen LogP contribution in [-0.4, -0.2) is 74.4 Å². The van der Waals surface area contributed by atoms with Gasteiger partial charge in [0.1, 0.15) is 5.69 Å². The smallest absolute Gasteiger partial charge is 0.232 e. The van der Waals surface area contributed by atoms with Crippen molar-refractivity contribution in [3.8, 4) is 11.3 Å². The molecule has 0 aliphatic carbocycles. The molecule has 1 aliphatic rings. The molecule has 7 heteroatoms. The molecule has 1 fully saturated rings. The van der Waals surface area contributed by atoms with Crippen LogP contribution in [0.1, 0.15) is 31.7 Å². The number of benzene rings is 1. The Labute approximate surface area is 179 Å². The molecular weight excluding hydrogens is 382 g/mol. The summed E-state index contributed by atoms with van der Waals surface area (Å²) in [5.74, 6) is 0.863. The van der Waals surface area contributed by atoms with Gasteiger partial charge in [0.15, 0.2) is 0 Å². The van der Waals surface area contributed by atoms with E-state index in [9.17, 15) is 5.11 Å². The Morgan fingerprint density at radius 3 is 2.70 bits per heavy atom. The van der Waals surface area contributed by atoms with Crippen molar-refractivity contribution in [1.29, 1.82) is 0 Å². The molecule has 1 saturated heterocycles. The van der Waals surface area contributed by atoms with Gasteiger partial charge < -0.3 is 24.0 Å². The molecule has 1 aromatic carbocycles. The number of anilines is 1. The SMILES string of the molecule is CCOC[C@@H](O)CN(CCCOC)Cc1c(-c2ccccc2)noc1N1CCCC1. The van der Waals surface area contributed by atoms with Crippen LogP contribution >= 0.6 is 0 Å². The first-order valence-electron chi connectivity index (χ1n) is 11.0. The molecule has 1 atom stereocenters. The van der Waals surface area contributed by atoms with E-state index in [4.69, 9.17) is 14.0 Å². The molecule has 0 radical (unpaired) electrons. The average molecular weight is 418 g/mol. The van der Waals surface area contributed by atoms with E-state index in [-0.39, 0.29) is 0 Å². The van der Waals surface area contributed by atoms with Crippen LogP contribution in [0, 0.1) is 0 Å². The van der Waals surface area contributed by atoms with Crippen molar-refractivity contribution >= 4 is 5.88 Å². The number of aliphatic hydroxyl groups excluding tert-OH is 1. The highest BCUT2D eigenvalue weighted by Crippen LogP contribution is 2.34. The second-order valence-electron chi connectivity index (χ2n) is 7.77. The van der Waals surface area contributed by atoms with Crippen molar-refractivity contribution in [1.82, 2.24) is 10.1 Å². The lowest BCUT2D eigenvalue weighted by Crippen LogP contribution is -2.36. The first-order valence-corrected chi connectivity index (χ1v) is 11.0. The monoisotopic (exact) mass is 417 g/mol. The average Bonchev–Trinajstić information content (AvgIpc) is 3.43.